The minimum Gasteiger partial charge on any atom is -0.242 e. The van der Waals surface area contributed by atoms with E-state index in [9.17, 15) is 8.42 Å². The standard InChI is InChI=1S/C13H18BrClN2O2S/c1-3-13(4-2)5-6-17(9-13)20(18,19)11-7-10(14)8-16-12(11)15/h7-8H,3-6,9H2,1-2H3. The number of hydrogen-bond donors (Lipinski definition) is 0. The third kappa shape index (κ3) is 2.89. The summed E-state index contributed by atoms with van der Waals surface area (Å²) in [5.74, 6) is 0. The highest BCUT2D eigenvalue weighted by molar-refractivity contribution is 9.10. The van der Waals surface area contributed by atoms with Gasteiger partial charge in [-0.3, -0.25) is 0 Å². The van der Waals surface area contributed by atoms with E-state index in [-0.39, 0.29) is 15.5 Å². The second-order valence-electron chi connectivity index (χ2n) is 5.24. The lowest BCUT2D eigenvalue weighted by molar-refractivity contribution is 0.279. The van der Waals surface area contributed by atoms with Crippen LogP contribution in [0.2, 0.25) is 5.15 Å². The van der Waals surface area contributed by atoms with Crippen LogP contribution in [-0.2, 0) is 10.0 Å². The molecular formula is C13H18BrClN2O2S. The van der Waals surface area contributed by atoms with Crippen molar-refractivity contribution in [1.82, 2.24) is 9.29 Å². The Morgan fingerprint density at radius 1 is 1.45 bits per heavy atom. The highest BCUT2D eigenvalue weighted by Gasteiger charge is 2.41. The van der Waals surface area contributed by atoms with E-state index in [1.807, 2.05) is 0 Å². The van der Waals surface area contributed by atoms with Gasteiger partial charge in [0.1, 0.15) is 10.0 Å². The van der Waals surface area contributed by atoms with Crippen LogP contribution in [0.3, 0.4) is 0 Å². The highest BCUT2D eigenvalue weighted by Crippen LogP contribution is 2.40. The van der Waals surface area contributed by atoms with E-state index in [1.165, 1.54) is 16.6 Å². The van der Waals surface area contributed by atoms with Gasteiger partial charge in [0, 0.05) is 23.8 Å². The zero-order valence-electron chi connectivity index (χ0n) is 11.6. The third-order valence-electron chi connectivity index (χ3n) is 4.29. The molecule has 20 heavy (non-hydrogen) atoms. The minimum absolute atomic E-state index is 0.0266. The molecular weight excluding hydrogens is 364 g/mol. The molecule has 1 saturated heterocycles. The fraction of sp³-hybridized carbons (Fsp3) is 0.615. The Balaban J connectivity index is 2.35. The molecule has 112 valence electrons. The van der Waals surface area contributed by atoms with E-state index in [0.717, 1.165) is 19.3 Å². The van der Waals surface area contributed by atoms with Gasteiger partial charge in [0.2, 0.25) is 10.0 Å². The van der Waals surface area contributed by atoms with Gasteiger partial charge < -0.3 is 0 Å². The fourth-order valence-corrected chi connectivity index (χ4v) is 5.12. The molecule has 0 atom stereocenters. The van der Waals surface area contributed by atoms with E-state index in [2.05, 4.69) is 34.8 Å². The normalized spacial score (nSPS) is 19.4. The van der Waals surface area contributed by atoms with Crippen molar-refractivity contribution in [2.75, 3.05) is 13.1 Å². The molecule has 1 fully saturated rings. The summed E-state index contributed by atoms with van der Waals surface area (Å²) >= 11 is 9.20. The molecule has 0 aromatic carbocycles. The molecule has 0 unspecified atom stereocenters. The lowest BCUT2D eigenvalue weighted by Gasteiger charge is -2.26. The first-order valence-electron chi connectivity index (χ1n) is 6.66. The maximum atomic E-state index is 12.7. The molecule has 1 aliphatic heterocycles. The molecule has 2 rings (SSSR count). The molecule has 0 aliphatic carbocycles. The number of nitrogens with zero attached hydrogens (tertiary/aromatic N) is 2. The summed E-state index contributed by atoms with van der Waals surface area (Å²) in [5, 5.41) is 0.0266. The van der Waals surface area contributed by atoms with Crippen molar-refractivity contribution in [1.29, 1.82) is 0 Å². The van der Waals surface area contributed by atoms with Crippen LogP contribution in [0.25, 0.3) is 0 Å². The second-order valence-corrected chi connectivity index (χ2v) is 8.42. The summed E-state index contributed by atoms with van der Waals surface area (Å²) in [5.41, 5.74) is 0.0962. The van der Waals surface area contributed by atoms with Gasteiger partial charge >= 0.3 is 0 Å². The molecule has 0 saturated carbocycles. The van der Waals surface area contributed by atoms with E-state index in [1.54, 1.807) is 0 Å². The zero-order valence-corrected chi connectivity index (χ0v) is 14.7. The summed E-state index contributed by atoms with van der Waals surface area (Å²) in [6, 6.07) is 1.52. The molecule has 0 spiro atoms. The Kier molecular flexibility index (Phi) is 4.79. The summed E-state index contributed by atoms with van der Waals surface area (Å²) in [6.07, 6.45) is 4.37. The summed E-state index contributed by atoms with van der Waals surface area (Å²) < 4.78 is 27.6. The van der Waals surface area contributed by atoms with Crippen molar-refractivity contribution >= 4 is 37.6 Å². The van der Waals surface area contributed by atoms with Crippen LogP contribution in [0.4, 0.5) is 0 Å². The number of sulfonamides is 1. The summed E-state index contributed by atoms with van der Waals surface area (Å²) in [7, 11) is -3.57. The predicted molar refractivity (Wildman–Crippen MR) is 83.3 cm³/mol. The second kappa shape index (κ2) is 5.91. The Hall–Kier alpha value is -0.170. The van der Waals surface area contributed by atoms with Crippen molar-refractivity contribution in [2.24, 2.45) is 5.41 Å². The first-order chi connectivity index (χ1) is 9.34. The van der Waals surface area contributed by atoms with E-state index >= 15 is 0 Å². The van der Waals surface area contributed by atoms with Crippen molar-refractivity contribution in [3.05, 3.63) is 21.9 Å². The molecule has 2 heterocycles. The van der Waals surface area contributed by atoms with Crippen molar-refractivity contribution in [3.8, 4) is 0 Å². The molecule has 1 aliphatic rings. The summed E-state index contributed by atoms with van der Waals surface area (Å²) in [4.78, 5) is 3.99. The van der Waals surface area contributed by atoms with Gasteiger partial charge in [0.25, 0.3) is 0 Å². The van der Waals surface area contributed by atoms with Crippen LogP contribution >= 0.6 is 27.5 Å². The average Bonchev–Trinajstić information content (AvgIpc) is 2.87. The van der Waals surface area contributed by atoms with Gasteiger partial charge in [-0.15, -0.1) is 0 Å². The number of hydrogen-bond acceptors (Lipinski definition) is 3. The number of halogens is 2. The largest absolute Gasteiger partial charge is 0.246 e. The highest BCUT2D eigenvalue weighted by atomic mass is 79.9. The molecule has 1 aromatic heterocycles. The van der Waals surface area contributed by atoms with E-state index in [4.69, 9.17) is 11.6 Å². The number of aromatic nitrogens is 1. The first kappa shape index (κ1) is 16.2. The first-order valence-corrected chi connectivity index (χ1v) is 9.27. The summed E-state index contributed by atoms with van der Waals surface area (Å²) in [6.45, 7) is 5.35. The Morgan fingerprint density at radius 2 is 2.10 bits per heavy atom. The van der Waals surface area contributed by atoms with Crippen LogP contribution in [0, 0.1) is 5.41 Å². The van der Waals surface area contributed by atoms with Crippen LogP contribution in [-0.4, -0.2) is 30.8 Å². The van der Waals surface area contributed by atoms with Gasteiger partial charge in [-0.2, -0.15) is 4.31 Å². The van der Waals surface area contributed by atoms with E-state index < -0.39 is 10.0 Å². The van der Waals surface area contributed by atoms with Crippen LogP contribution in [0.1, 0.15) is 33.1 Å². The van der Waals surface area contributed by atoms with Crippen LogP contribution < -0.4 is 0 Å². The number of pyridine rings is 1. The predicted octanol–water partition coefficient (Wildman–Crippen LogP) is 3.70. The molecule has 4 nitrogen and oxygen atoms in total. The fourth-order valence-electron chi connectivity index (χ4n) is 2.65. The Labute approximate surface area is 133 Å². The average molecular weight is 382 g/mol. The van der Waals surface area contributed by atoms with E-state index in [0.29, 0.717) is 17.6 Å². The quantitative estimate of drug-likeness (QED) is 0.747. The molecule has 0 amide bonds. The van der Waals surface area contributed by atoms with Crippen molar-refractivity contribution in [3.63, 3.8) is 0 Å². The van der Waals surface area contributed by atoms with Crippen molar-refractivity contribution in [2.45, 2.75) is 38.0 Å². The lowest BCUT2D eigenvalue weighted by atomic mass is 9.82. The molecule has 1 aromatic rings. The van der Waals surface area contributed by atoms with Crippen LogP contribution in [0.15, 0.2) is 21.6 Å². The Bertz CT molecular complexity index is 602. The van der Waals surface area contributed by atoms with Crippen LogP contribution in [0.5, 0.6) is 0 Å². The molecule has 0 bridgehead atoms. The number of rotatable bonds is 4. The van der Waals surface area contributed by atoms with Gasteiger partial charge in [-0.05, 0) is 46.7 Å². The SMILES string of the molecule is CCC1(CC)CCN(S(=O)(=O)c2cc(Br)cnc2Cl)C1. The minimum atomic E-state index is -3.57. The zero-order chi connectivity index (χ0) is 15.0. The van der Waals surface area contributed by atoms with Gasteiger partial charge in [0.15, 0.2) is 0 Å². The third-order valence-corrected chi connectivity index (χ3v) is 7.00. The molecule has 0 N–H and O–H groups in total. The lowest BCUT2D eigenvalue weighted by Crippen LogP contribution is -2.32. The maximum absolute atomic E-state index is 12.7. The van der Waals surface area contributed by atoms with Gasteiger partial charge in [-0.1, -0.05) is 25.4 Å². The molecule has 7 heteroatoms. The Morgan fingerprint density at radius 3 is 2.65 bits per heavy atom. The van der Waals surface area contributed by atoms with Crippen molar-refractivity contribution < 1.29 is 8.42 Å². The maximum Gasteiger partial charge on any atom is 0.246 e. The monoisotopic (exact) mass is 380 g/mol. The van der Waals surface area contributed by atoms with Gasteiger partial charge in [0.05, 0.1) is 0 Å². The molecule has 0 radical (unpaired) electrons. The topological polar surface area (TPSA) is 50.3 Å². The van der Waals surface area contributed by atoms with Gasteiger partial charge in [-0.25, -0.2) is 13.4 Å². The smallest absolute Gasteiger partial charge is 0.242 e.